The fraction of sp³-hybridized carbons (Fsp3) is 0.125. The monoisotopic (exact) mass is 340 g/mol. The van der Waals surface area contributed by atoms with Crippen molar-refractivity contribution in [2.45, 2.75) is 12.8 Å². The second-order valence-electron chi connectivity index (χ2n) is 4.43. The molecule has 0 atom stereocenters. The van der Waals surface area contributed by atoms with Crippen LogP contribution in [0.15, 0.2) is 42.5 Å². The van der Waals surface area contributed by atoms with Crippen molar-refractivity contribution >= 4 is 23.5 Å². The summed E-state index contributed by atoms with van der Waals surface area (Å²) in [6.07, 6.45) is -0.711. The highest BCUT2D eigenvalue weighted by Gasteiger charge is 2.16. The minimum absolute atomic E-state index is 0.0627. The number of carbonyl (C=O) groups excluding carboxylic acids is 2. The fourth-order valence-corrected chi connectivity index (χ4v) is 1.85. The van der Waals surface area contributed by atoms with Gasteiger partial charge in [0.2, 0.25) is 0 Å². The van der Waals surface area contributed by atoms with Gasteiger partial charge in [0, 0.05) is 0 Å². The number of benzene rings is 2. The minimum Gasteiger partial charge on any atom is -0.423 e. The van der Waals surface area contributed by atoms with Gasteiger partial charge in [-0.1, -0.05) is 29.8 Å². The summed E-state index contributed by atoms with van der Waals surface area (Å²) in [4.78, 5) is 23.2. The molecule has 4 nitrogen and oxygen atoms in total. The molecule has 0 bridgehead atoms. The van der Waals surface area contributed by atoms with E-state index in [2.05, 4.69) is 0 Å². The van der Waals surface area contributed by atoms with Gasteiger partial charge in [0.05, 0.1) is 17.9 Å². The van der Waals surface area contributed by atoms with E-state index in [0.29, 0.717) is 0 Å². The smallest absolute Gasteiger partial charge is 0.311 e. The summed E-state index contributed by atoms with van der Waals surface area (Å²) in [7, 11) is 0. The van der Waals surface area contributed by atoms with Gasteiger partial charge in [-0.3, -0.25) is 9.59 Å². The molecule has 0 heterocycles. The van der Waals surface area contributed by atoms with Crippen LogP contribution in [0.5, 0.6) is 11.5 Å². The molecule has 23 heavy (non-hydrogen) atoms. The van der Waals surface area contributed by atoms with Gasteiger partial charge in [-0.05, 0) is 24.3 Å². The highest BCUT2D eigenvalue weighted by molar-refractivity contribution is 6.32. The number of hydrogen-bond donors (Lipinski definition) is 0. The fourth-order valence-electron chi connectivity index (χ4n) is 1.65. The largest absolute Gasteiger partial charge is 0.423 e. The van der Waals surface area contributed by atoms with Crippen LogP contribution in [-0.4, -0.2) is 11.9 Å². The van der Waals surface area contributed by atoms with Crippen LogP contribution in [0, 0.1) is 11.6 Å². The Hall–Kier alpha value is -2.47. The normalized spacial score (nSPS) is 10.2. The lowest BCUT2D eigenvalue weighted by atomic mass is 10.3. The van der Waals surface area contributed by atoms with Crippen molar-refractivity contribution in [3.05, 3.63) is 59.1 Å². The molecule has 0 amide bonds. The van der Waals surface area contributed by atoms with Crippen LogP contribution in [0.25, 0.3) is 0 Å². The third-order valence-electron chi connectivity index (χ3n) is 2.73. The number of ether oxygens (including phenoxy) is 2. The predicted molar refractivity (Wildman–Crippen MR) is 78.3 cm³/mol. The Morgan fingerprint density at radius 1 is 0.870 bits per heavy atom. The van der Waals surface area contributed by atoms with Crippen LogP contribution in [0.2, 0.25) is 5.02 Å². The highest BCUT2D eigenvalue weighted by atomic mass is 35.5. The molecule has 2 aromatic rings. The van der Waals surface area contributed by atoms with Crippen molar-refractivity contribution in [2.75, 3.05) is 0 Å². The van der Waals surface area contributed by atoms with Crippen LogP contribution >= 0.6 is 11.6 Å². The molecule has 0 aliphatic heterocycles. The molecule has 2 aromatic carbocycles. The van der Waals surface area contributed by atoms with Gasteiger partial charge in [0.15, 0.2) is 23.1 Å². The summed E-state index contributed by atoms with van der Waals surface area (Å²) in [5.41, 5.74) is 0. The van der Waals surface area contributed by atoms with Crippen molar-refractivity contribution < 1.29 is 27.8 Å². The zero-order valence-corrected chi connectivity index (χ0v) is 12.5. The van der Waals surface area contributed by atoms with Crippen LogP contribution in [0.4, 0.5) is 8.78 Å². The van der Waals surface area contributed by atoms with E-state index in [9.17, 15) is 18.4 Å². The number of carbonyl (C=O) groups is 2. The van der Waals surface area contributed by atoms with E-state index in [1.165, 1.54) is 30.3 Å². The van der Waals surface area contributed by atoms with Crippen molar-refractivity contribution in [3.8, 4) is 11.5 Å². The van der Waals surface area contributed by atoms with Crippen LogP contribution in [-0.2, 0) is 9.59 Å². The van der Waals surface area contributed by atoms with Crippen LogP contribution in [0.1, 0.15) is 12.8 Å². The van der Waals surface area contributed by atoms with Crippen LogP contribution < -0.4 is 9.47 Å². The van der Waals surface area contributed by atoms with Crippen molar-refractivity contribution in [3.63, 3.8) is 0 Å². The highest BCUT2D eigenvalue weighted by Crippen LogP contribution is 2.27. The number of para-hydroxylation sites is 2. The van der Waals surface area contributed by atoms with E-state index in [1.807, 2.05) is 0 Å². The Morgan fingerprint density at radius 2 is 1.48 bits per heavy atom. The van der Waals surface area contributed by atoms with Gasteiger partial charge < -0.3 is 9.47 Å². The Bertz CT molecular complexity index is 714. The summed E-state index contributed by atoms with van der Waals surface area (Å²) in [5.74, 6) is -3.79. The average Bonchev–Trinajstić information content (AvgIpc) is 2.51. The molecule has 0 radical (unpaired) electrons. The first-order valence-corrected chi connectivity index (χ1v) is 6.95. The number of rotatable bonds is 5. The molecule has 0 saturated carbocycles. The molecule has 0 aliphatic rings. The van der Waals surface area contributed by atoms with E-state index >= 15 is 0 Å². The Labute approximate surface area is 135 Å². The second-order valence-corrected chi connectivity index (χ2v) is 4.84. The third-order valence-corrected chi connectivity index (χ3v) is 3.03. The minimum atomic E-state index is -0.859. The third kappa shape index (κ3) is 4.75. The zero-order valence-electron chi connectivity index (χ0n) is 11.7. The standard InChI is InChI=1S/C16H11ClF2O4/c17-10-4-3-6-12(19)16(10)23-15(21)9-8-14(20)22-13-7-2-1-5-11(13)18/h1-7H,8-9H2. The predicted octanol–water partition coefficient (Wildman–Crippen LogP) is 3.91. The lowest BCUT2D eigenvalue weighted by molar-refractivity contribution is -0.140. The molecule has 0 fully saturated rings. The molecule has 0 N–H and O–H groups in total. The molecule has 0 spiro atoms. The molecule has 0 aromatic heterocycles. The molecule has 2 rings (SSSR count). The Kier molecular flexibility index (Phi) is 5.65. The molecular formula is C16H11ClF2O4. The maximum Gasteiger partial charge on any atom is 0.311 e. The average molecular weight is 341 g/mol. The quantitative estimate of drug-likeness (QED) is 0.611. The van der Waals surface area contributed by atoms with Gasteiger partial charge in [0.25, 0.3) is 0 Å². The SMILES string of the molecule is O=C(CCC(=O)Oc1c(F)cccc1Cl)Oc1ccccc1F. The maximum absolute atomic E-state index is 13.4. The first kappa shape index (κ1) is 16.9. The molecule has 120 valence electrons. The number of hydrogen-bond acceptors (Lipinski definition) is 4. The van der Waals surface area contributed by atoms with Crippen molar-refractivity contribution in [1.29, 1.82) is 0 Å². The zero-order chi connectivity index (χ0) is 16.8. The van der Waals surface area contributed by atoms with Crippen molar-refractivity contribution in [1.82, 2.24) is 0 Å². The lowest BCUT2D eigenvalue weighted by Gasteiger charge is -2.07. The van der Waals surface area contributed by atoms with Gasteiger partial charge in [-0.25, -0.2) is 8.78 Å². The van der Waals surface area contributed by atoms with Gasteiger partial charge >= 0.3 is 11.9 Å². The first-order chi connectivity index (χ1) is 11.0. The van der Waals surface area contributed by atoms with E-state index in [-0.39, 0.29) is 23.6 Å². The first-order valence-electron chi connectivity index (χ1n) is 6.57. The van der Waals surface area contributed by atoms with E-state index in [1.54, 1.807) is 0 Å². The molecule has 0 aliphatic carbocycles. The number of halogens is 3. The van der Waals surface area contributed by atoms with Crippen LogP contribution in [0.3, 0.4) is 0 Å². The molecule has 7 heteroatoms. The summed E-state index contributed by atoms with van der Waals surface area (Å²) in [5, 5.41) is -0.0627. The summed E-state index contributed by atoms with van der Waals surface area (Å²) >= 11 is 5.71. The summed E-state index contributed by atoms with van der Waals surface area (Å²) < 4.78 is 36.3. The van der Waals surface area contributed by atoms with Gasteiger partial charge in [-0.2, -0.15) is 0 Å². The van der Waals surface area contributed by atoms with Gasteiger partial charge in [0.1, 0.15) is 0 Å². The van der Waals surface area contributed by atoms with Crippen molar-refractivity contribution in [2.24, 2.45) is 0 Å². The summed E-state index contributed by atoms with van der Waals surface area (Å²) in [6, 6.07) is 9.17. The Balaban J connectivity index is 1.87. The van der Waals surface area contributed by atoms with Gasteiger partial charge in [-0.15, -0.1) is 0 Å². The second kappa shape index (κ2) is 7.69. The Morgan fingerprint density at radius 3 is 2.13 bits per heavy atom. The van der Waals surface area contributed by atoms with E-state index in [0.717, 1.165) is 12.1 Å². The topological polar surface area (TPSA) is 52.6 Å². The lowest BCUT2D eigenvalue weighted by Crippen LogP contribution is -2.15. The molecule has 0 unspecified atom stereocenters. The summed E-state index contributed by atoms with van der Waals surface area (Å²) in [6.45, 7) is 0. The molecular weight excluding hydrogens is 330 g/mol. The molecule has 0 saturated heterocycles. The van der Waals surface area contributed by atoms with E-state index < -0.39 is 29.3 Å². The van der Waals surface area contributed by atoms with E-state index in [4.69, 9.17) is 21.1 Å². The maximum atomic E-state index is 13.4. The number of esters is 2.